The van der Waals surface area contributed by atoms with E-state index in [1.165, 1.54) is 41.5 Å². The van der Waals surface area contributed by atoms with Crippen LogP contribution < -0.4 is 9.47 Å². The van der Waals surface area contributed by atoms with Crippen LogP contribution in [0.15, 0.2) is 24.4 Å². The van der Waals surface area contributed by atoms with Crippen molar-refractivity contribution in [2.24, 2.45) is 0 Å². The summed E-state index contributed by atoms with van der Waals surface area (Å²) < 4.78 is 12.7. The van der Waals surface area contributed by atoms with Crippen LogP contribution in [0.5, 0.6) is 11.5 Å². The van der Waals surface area contributed by atoms with Crippen molar-refractivity contribution in [3.8, 4) is 11.5 Å². The van der Waals surface area contributed by atoms with Gasteiger partial charge in [-0.25, -0.2) is 0 Å². The Morgan fingerprint density at radius 3 is 2.58 bits per heavy atom. The van der Waals surface area contributed by atoms with E-state index in [4.69, 9.17) is 9.47 Å². The largest absolute Gasteiger partial charge is 0.487 e. The van der Waals surface area contributed by atoms with Crippen molar-refractivity contribution in [1.29, 1.82) is 0 Å². The second-order valence-electron chi connectivity index (χ2n) is 7.26. The summed E-state index contributed by atoms with van der Waals surface area (Å²) in [6, 6.07) is 5.92. The Bertz CT molecular complexity index is 763. The summed E-state index contributed by atoms with van der Waals surface area (Å²) in [5.41, 5.74) is 6.09. The average molecular weight is 323 g/mol. The summed E-state index contributed by atoms with van der Waals surface area (Å²) in [6.45, 7) is 6.98. The van der Waals surface area contributed by atoms with Gasteiger partial charge in [0.1, 0.15) is 23.7 Å². The molecule has 1 aromatic heterocycles. The Hall–Kier alpha value is -2.03. The molecule has 0 radical (unpaired) electrons. The third-order valence-electron chi connectivity index (χ3n) is 5.82. The molecule has 0 bridgehead atoms. The molecular weight excluding hydrogens is 298 g/mol. The Balaban J connectivity index is 1.65. The molecule has 3 heteroatoms. The predicted octanol–water partition coefficient (Wildman–Crippen LogP) is 4.83. The fourth-order valence-electron chi connectivity index (χ4n) is 3.98. The van der Waals surface area contributed by atoms with Crippen LogP contribution in [0.2, 0.25) is 0 Å². The monoisotopic (exact) mass is 323 g/mol. The molecule has 1 saturated carbocycles. The highest BCUT2D eigenvalue weighted by molar-refractivity contribution is 5.59. The van der Waals surface area contributed by atoms with Gasteiger partial charge < -0.3 is 9.47 Å². The lowest BCUT2D eigenvalue weighted by Crippen LogP contribution is -2.46. The molecular formula is C21H25NO2. The van der Waals surface area contributed by atoms with Gasteiger partial charge in [-0.1, -0.05) is 6.07 Å². The minimum atomic E-state index is 0.132. The number of ether oxygens (including phenoxy) is 2. The van der Waals surface area contributed by atoms with E-state index in [2.05, 4.69) is 25.8 Å². The summed E-state index contributed by atoms with van der Waals surface area (Å²) in [5.74, 6) is 2.13. The minimum Gasteiger partial charge on any atom is -0.487 e. The van der Waals surface area contributed by atoms with Crippen LogP contribution in [-0.2, 0) is 13.0 Å². The van der Waals surface area contributed by atoms with Crippen LogP contribution in [0.4, 0.5) is 0 Å². The summed E-state index contributed by atoms with van der Waals surface area (Å²) >= 11 is 0. The van der Waals surface area contributed by atoms with Crippen LogP contribution in [0.3, 0.4) is 0 Å². The second kappa shape index (κ2) is 5.80. The van der Waals surface area contributed by atoms with E-state index in [0.29, 0.717) is 6.61 Å². The number of nitrogens with zero attached hydrogens (tertiary/aromatic N) is 1. The van der Waals surface area contributed by atoms with Crippen LogP contribution in [-0.4, -0.2) is 10.6 Å². The minimum absolute atomic E-state index is 0.132. The summed E-state index contributed by atoms with van der Waals surface area (Å²) in [5, 5.41) is 0. The highest BCUT2D eigenvalue weighted by Gasteiger charge is 2.43. The molecule has 1 aromatic carbocycles. The van der Waals surface area contributed by atoms with E-state index in [1.54, 1.807) is 0 Å². The molecule has 2 aliphatic rings. The van der Waals surface area contributed by atoms with Crippen molar-refractivity contribution in [3.05, 3.63) is 52.3 Å². The van der Waals surface area contributed by atoms with Gasteiger partial charge in [-0.05, 0) is 81.7 Å². The van der Waals surface area contributed by atoms with Crippen molar-refractivity contribution in [3.63, 3.8) is 0 Å². The van der Waals surface area contributed by atoms with Gasteiger partial charge in [0.2, 0.25) is 0 Å². The third kappa shape index (κ3) is 2.47. The SMILES string of the molecule is Cc1c(C)c2c(c(C)c1OCc1ccccn1)CCC1(CCC1)O2. The first-order valence-corrected chi connectivity index (χ1v) is 8.94. The molecule has 0 atom stereocenters. The zero-order valence-corrected chi connectivity index (χ0v) is 14.8. The van der Waals surface area contributed by atoms with Gasteiger partial charge in [0.25, 0.3) is 0 Å². The van der Waals surface area contributed by atoms with Crippen LogP contribution in [0.1, 0.15) is 53.6 Å². The number of fused-ring (bicyclic) bond motifs is 1. The van der Waals surface area contributed by atoms with Gasteiger partial charge in [0.05, 0.1) is 5.69 Å². The fourth-order valence-corrected chi connectivity index (χ4v) is 3.98. The molecule has 0 unspecified atom stereocenters. The van der Waals surface area contributed by atoms with Crippen molar-refractivity contribution in [2.45, 2.75) is 65.1 Å². The van der Waals surface area contributed by atoms with Crippen molar-refractivity contribution >= 4 is 0 Å². The van der Waals surface area contributed by atoms with Crippen LogP contribution in [0.25, 0.3) is 0 Å². The molecule has 2 heterocycles. The Kier molecular flexibility index (Phi) is 3.75. The summed E-state index contributed by atoms with van der Waals surface area (Å²) in [4.78, 5) is 4.35. The zero-order valence-electron chi connectivity index (χ0n) is 14.8. The van der Waals surface area contributed by atoms with Gasteiger partial charge in [-0.15, -0.1) is 0 Å². The maximum Gasteiger partial charge on any atom is 0.130 e. The predicted molar refractivity (Wildman–Crippen MR) is 94.8 cm³/mol. The normalized spacial score (nSPS) is 17.8. The second-order valence-corrected chi connectivity index (χ2v) is 7.26. The topological polar surface area (TPSA) is 31.4 Å². The van der Waals surface area contributed by atoms with Gasteiger partial charge in [0, 0.05) is 11.8 Å². The first-order chi connectivity index (χ1) is 11.6. The molecule has 4 rings (SSSR count). The molecule has 0 amide bonds. The number of benzene rings is 1. The average Bonchev–Trinajstić information content (AvgIpc) is 2.59. The van der Waals surface area contributed by atoms with Crippen LogP contribution in [0, 0.1) is 20.8 Å². The van der Waals surface area contributed by atoms with E-state index < -0.39 is 0 Å². The highest BCUT2D eigenvalue weighted by atomic mass is 16.5. The number of aromatic nitrogens is 1. The van der Waals surface area contributed by atoms with Crippen LogP contribution >= 0.6 is 0 Å². The molecule has 3 nitrogen and oxygen atoms in total. The molecule has 2 aromatic rings. The van der Waals surface area contributed by atoms with E-state index in [0.717, 1.165) is 30.0 Å². The number of pyridine rings is 1. The number of hydrogen-bond donors (Lipinski definition) is 0. The summed E-state index contributed by atoms with van der Waals surface area (Å²) in [6.07, 6.45) is 7.77. The fraction of sp³-hybridized carbons (Fsp3) is 0.476. The van der Waals surface area contributed by atoms with E-state index in [1.807, 2.05) is 24.4 Å². The lowest BCUT2D eigenvalue weighted by molar-refractivity contribution is -0.0258. The van der Waals surface area contributed by atoms with Gasteiger partial charge in [-0.2, -0.15) is 0 Å². The molecule has 0 N–H and O–H groups in total. The zero-order chi connectivity index (χ0) is 16.7. The van der Waals surface area contributed by atoms with Gasteiger partial charge in [-0.3, -0.25) is 4.98 Å². The summed E-state index contributed by atoms with van der Waals surface area (Å²) in [7, 11) is 0. The highest BCUT2D eigenvalue weighted by Crippen LogP contribution is 2.49. The van der Waals surface area contributed by atoms with Crippen molar-refractivity contribution in [1.82, 2.24) is 4.98 Å². The Morgan fingerprint density at radius 2 is 1.92 bits per heavy atom. The lowest BCUT2D eigenvalue weighted by Gasteiger charge is -2.46. The molecule has 1 fully saturated rings. The van der Waals surface area contributed by atoms with Gasteiger partial charge >= 0.3 is 0 Å². The number of hydrogen-bond acceptors (Lipinski definition) is 3. The maximum atomic E-state index is 6.50. The molecule has 1 spiro atoms. The van der Waals surface area contributed by atoms with Crippen molar-refractivity contribution in [2.75, 3.05) is 0 Å². The Labute approximate surface area is 144 Å². The first-order valence-electron chi connectivity index (χ1n) is 8.94. The standard InChI is InChI=1S/C21H25NO2/c1-14-15(2)20-18(8-11-21(24-20)9-6-10-21)16(3)19(14)23-13-17-7-4-5-12-22-17/h4-5,7,12H,6,8-11,13H2,1-3H3. The first kappa shape index (κ1) is 15.5. The molecule has 1 aliphatic carbocycles. The molecule has 24 heavy (non-hydrogen) atoms. The Morgan fingerprint density at radius 1 is 1.08 bits per heavy atom. The van der Waals surface area contributed by atoms with E-state index >= 15 is 0 Å². The lowest BCUT2D eigenvalue weighted by atomic mass is 9.73. The van der Waals surface area contributed by atoms with Gasteiger partial charge in [0.15, 0.2) is 0 Å². The van der Waals surface area contributed by atoms with E-state index in [-0.39, 0.29) is 5.60 Å². The third-order valence-corrected chi connectivity index (χ3v) is 5.82. The van der Waals surface area contributed by atoms with E-state index in [9.17, 15) is 0 Å². The smallest absolute Gasteiger partial charge is 0.130 e. The number of rotatable bonds is 3. The quantitative estimate of drug-likeness (QED) is 0.810. The van der Waals surface area contributed by atoms with Crippen molar-refractivity contribution < 1.29 is 9.47 Å². The molecule has 126 valence electrons. The molecule has 1 aliphatic heterocycles. The maximum absolute atomic E-state index is 6.50. The molecule has 0 saturated heterocycles.